The van der Waals surface area contributed by atoms with E-state index in [2.05, 4.69) is 47.5 Å². The van der Waals surface area contributed by atoms with Crippen molar-refractivity contribution >= 4 is 94.5 Å². The van der Waals surface area contributed by atoms with Gasteiger partial charge in [-0.2, -0.15) is 11.8 Å². The van der Waals surface area contributed by atoms with Crippen molar-refractivity contribution in [3.63, 3.8) is 0 Å². The van der Waals surface area contributed by atoms with Crippen LogP contribution < -0.4 is 82.7 Å². The number of thioether (sulfide) groups is 1. The highest BCUT2D eigenvalue weighted by Gasteiger charge is 2.42. The van der Waals surface area contributed by atoms with E-state index >= 15 is 0 Å². The molecule has 2 aliphatic heterocycles. The summed E-state index contributed by atoms with van der Waals surface area (Å²) in [5.41, 5.74) is 40.6. The molecule has 2 aromatic carbocycles. The molecule has 22 N–H and O–H groups in total. The second-order valence-electron chi connectivity index (χ2n) is 24.1. The van der Waals surface area contributed by atoms with E-state index in [9.17, 15) is 62.3 Å². The Morgan fingerprint density at radius 1 is 0.537 bits per heavy atom. The van der Waals surface area contributed by atoms with Gasteiger partial charge in [-0.05, 0) is 119 Å². The minimum Gasteiger partial charge on any atom is -0.370 e. The van der Waals surface area contributed by atoms with Gasteiger partial charge >= 0.3 is 0 Å². The summed E-state index contributed by atoms with van der Waals surface area (Å²) < 4.78 is 0. The minimum atomic E-state index is -1.64. The molecule has 0 unspecified atom stereocenters. The summed E-state index contributed by atoms with van der Waals surface area (Å²) in [6, 6.07) is 4.51. The van der Waals surface area contributed by atoms with Crippen LogP contribution in [0, 0.1) is 5.92 Å². The fourth-order valence-corrected chi connectivity index (χ4v) is 11.5. The van der Waals surface area contributed by atoms with Gasteiger partial charge in [0.25, 0.3) is 0 Å². The Kier molecular flexibility index (Phi) is 33.9. The number of carbonyl (C=O) groups excluding carboxylic acids is 13. The lowest BCUT2D eigenvalue weighted by Crippen LogP contribution is -2.60. The van der Waals surface area contributed by atoms with Gasteiger partial charge in [-0.3, -0.25) is 67.3 Å². The van der Waals surface area contributed by atoms with Crippen molar-refractivity contribution in [3.05, 3.63) is 71.8 Å². The van der Waals surface area contributed by atoms with Gasteiger partial charge in [-0.15, -0.1) is 0 Å². The van der Waals surface area contributed by atoms with Crippen LogP contribution in [0.4, 0.5) is 0 Å². The Morgan fingerprint density at radius 2 is 1.01 bits per heavy atom. The Labute approximate surface area is 558 Å². The number of carbonyl (C=O) groups is 13. The van der Waals surface area contributed by atoms with E-state index in [1.165, 1.54) is 21.6 Å². The fraction of sp³-hybridized carbons (Fsp3) is 0.587. The normalized spacial score (nSPS) is 16.8. The van der Waals surface area contributed by atoms with E-state index in [0.29, 0.717) is 55.4 Å². The van der Waals surface area contributed by atoms with Crippen molar-refractivity contribution < 1.29 is 62.3 Å². The van der Waals surface area contributed by atoms with Crippen LogP contribution in [0.25, 0.3) is 0 Å². The fourth-order valence-electron chi connectivity index (χ4n) is 11.0. The highest BCUT2D eigenvalue weighted by molar-refractivity contribution is 7.98. The van der Waals surface area contributed by atoms with Crippen LogP contribution in [0.1, 0.15) is 121 Å². The molecule has 524 valence electrons. The van der Waals surface area contributed by atoms with Crippen molar-refractivity contribution in [1.29, 1.82) is 0 Å². The Balaban J connectivity index is 1.56. The molecule has 4 rings (SSSR count). The molecule has 2 aromatic rings. The van der Waals surface area contributed by atoms with Crippen LogP contribution in [0.15, 0.2) is 65.7 Å². The third kappa shape index (κ3) is 27.5. The Hall–Kier alpha value is -8.91. The molecule has 2 saturated heterocycles. The third-order valence-electron chi connectivity index (χ3n) is 16.0. The second-order valence-corrected chi connectivity index (χ2v) is 25.1. The number of nitrogens with two attached hydrogens (primary N) is 7. The summed E-state index contributed by atoms with van der Waals surface area (Å²) in [5, 5.41) is 21.1. The first-order valence-corrected chi connectivity index (χ1v) is 33.6. The molecule has 0 saturated carbocycles. The van der Waals surface area contributed by atoms with Crippen LogP contribution in [0.5, 0.6) is 0 Å². The first kappa shape index (κ1) is 78.5. The zero-order chi connectivity index (χ0) is 70.1. The predicted octanol–water partition coefficient (Wildman–Crippen LogP) is -3.71. The lowest BCUT2D eigenvalue weighted by atomic mass is 10.0. The number of nitrogens with zero attached hydrogens (tertiary/aromatic N) is 3. The van der Waals surface area contributed by atoms with Gasteiger partial charge in [0.2, 0.25) is 76.8 Å². The molecule has 10 atom stereocenters. The van der Waals surface area contributed by atoms with Crippen molar-refractivity contribution in [1.82, 2.24) is 52.3 Å². The molecule has 2 fully saturated rings. The van der Waals surface area contributed by atoms with E-state index in [4.69, 9.17) is 40.1 Å². The van der Waals surface area contributed by atoms with Crippen molar-refractivity contribution in [2.75, 3.05) is 44.7 Å². The maximum absolute atomic E-state index is 14.7. The number of hydrogen-bond acceptors (Lipinski definition) is 17. The largest absolute Gasteiger partial charge is 0.370 e. The second kappa shape index (κ2) is 41.0. The zero-order valence-electron chi connectivity index (χ0n) is 54.5. The summed E-state index contributed by atoms with van der Waals surface area (Å²) in [6.45, 7) is 3.86. The predicted molar refractivity (Wildman–Crippen MR) is 356 cm³/mol. The minimum absolute atomic E-state index is 0.0736. The van der Waals surface area contributed by atoms with E-state index in [0.717, 1.165) is 0 Å². The van der Waals surface area contributed by atoms with Crippen LogP contribution in [-0.2, 0) is 75.2 Å². The van der Waals surface area contributed by atoms with Gasteiger partial charge in [-0.25, -0.2) is 0 Å². The first-order valence-electron chi connectivity index (χ1n) is 32.2. The van der Waals surface area contributed by atoms with E-state index in [1.807, 2.05) is 20.1 Å². The third-order valence-corrected chi connectivity index (χ3v) is 16.7. The van der Waals surface area contributed by atoms with E-state index in [-0.39, 0.29) is 83.0 Å². The van der Waals surface area contributed by atoms with Crippen molar-refractivity contribution in [3.8, 4) is 0 Å². The zero-order valence-corrected chi connectivity index (χ0v) is 55.3. The smallest absolute Gasteiger partial charge is 0.245 e. The lowest BCUT2D eigenvalue weighted by molar-refractivity contribution is -0.144. The number of unbranched alkanes of at least 4 members (excludes halogenated alkanes) is 1. The molecular weight excluding hydrogens is 1250 g/mol. The highest BCUT2D eigenvalue weighted by Crippen LogP contribution is 2.24. The summed E-state index contributed by atoms with van der Waals surface area (Å²) in [4.78, 5) is 185. The molecule has 95 heavy (non-hydrogen) atoms. The maximum Gasteiger partial charge on any atom is 0.245 e. The summed E-state index contributed by atoms with van der Waals surface area (Å²) in [6.07, 6.45) is 3.12. The SMILES string of the molecule is CSCC[C@H](NC(=O)[C@H](CC(C)C)NC(=O)CNC(=O)[C@H](Cc1ccccc1)NC(=O)[C@@H](Cc1ccccc1)NC(=O)[C@H](CCC(N)=O)NC(=O)[C@@H](CCC(N)=O)NC(=O)[C@H]1CCCN1C(=O)[C@H](CCCCN)NC(=O)[C@@H]1CCCN1C(=O)[C@@H](N)CCCN=C(N)N)C(N)=O. The maximum atomic E-state index is 14.7. The number of amides is 13. The molecule has 0 radical (unpaired) electrons. The lowest BCUT2D eigenvalue weighted by Gasteiger charge is -2.32. The molecule has 0 bridgehead atoms. The van der Waals surface area contributed by atoms with Crippen molar-refractivity contribution in [2.45, 2.75) is 183 Å². The molecular formula is C63H98N18O13S. The van der Waals surface area contributed by atoms with Gasteiger partial charge in [0, 0.05) is 45.3 Å². The average molecular weight is 1350 g/mol. The molecule has 2 heterocycles. The Bertz CT molecular complexity index is 2960. The van der Waals surface area contributed by atoms with Gasteiger partial charge in [-0.1, -0.05) is 74.5 Å². The molecule has 0 aliphatic carbocycles. The number of benzene rings is 2. The molecule has 0 aromatic heterocycles. The standard InChI is InChI=1S/C63H98N18O13S/c1-37(2)33-45(57(89)74-41(53(68)85)27-32-95-3)73-52(84)36-72-54(86)46(34-38-15-6-4-7-16-38)78-58(90)47(35-39-17-8-5-9-18-39)79-56(88)42(23-25-50(66)82)75-55(87)43(24-26-51(67)83)76-59(91)49-22-14-31-81(49)62(94)44(20-10-11-28-64)77-60(92)48-21-13-30-80(48)61(93)40(65)19-12-29-71-63(69)70/h4-9,15-18,37,40-49H,10-14,19-36,64-65H2,1-3H3,(H2,66,82)(H2,67,83)(H2,68,85)(H,72,86)(H,73,84)(H,74,89)(H,75,87)(H,76,91)(H,77,92)(H,78,90)(H,79,88)(H4,69,70,71)/t40-,41-,42-,43+,44-,45-,46-,47+,48-,49+/m0/s1. The van der Waals surface area contributed by atoms with Crippen LogP contribution in [0.2, 0.25) is 0 Å². The van der Waals surface area contributed by atoms with Gasteiger partial charge in [0.15, 0.2) is 5.96 Å². The van der Waals surface area contributed by atoms with Gasteiger partial charge in [0.05, 0.1) is 12.6 Å². The first-order chi connectivity index (χ1) is 45.2. The molecule has 13 amide bonds. The number of rotatable bonds is 42. The van der Waals surface area contributed by atoms with Crippen LogP contribution >= 0.6 is 11.8 Å². The van der Waals surface area contributed by atoms with E-state index < -0.39 is 169 Å². The molecule has 32 heteroatoms. The molecule has 31 nitrogen and oxygen atoms in total. The van der Waals surface area contributed by atoms with Crippen molar-refractivity contribution in [2.24, 2.45) is 51.0 Å². The Morgan fingerprint density at radius 3 is 1.51 bits per heavy atom. The molecule has 0 spiro atoms. The van der Waals surface area contributed by atoms with Gasteiger partial charge < -0.3 is 92.5 Å². The monoisotopic (exact) mass is 1350 g/mol. The van der Waals surface area contributed by atoms with Crippen LogP contribution in [-0.4, -0.2) is 198 Å². The number of likely N-dealkylation sites (tertiary alicyclic amines) is 2. The number of guanidine groups is 1. The average Bonchev–Trinajstić information content (AvgIpc) is 1.74. The quantitative estimate of drug-likeness (QED) is 0.0173. The van der Waals surface area contributed by atoms with Crippen LogP contribution in [0.3, 0.4) is 0 Å². The molecule has 2 aliphatic rings. The summed E-state index contributed by atoms with van der Waals surface area (Å²) in [7, 11) is 0. The van der Waals surface area contributed by atoms with E-state index in [1.54, 1.807) is 60.7 Å². The number of primary amides is 3. The van der Waals surface area contributed by atoms with Gasteiger partial charge in [0.1, 0.15) is 54.4 Å². The highest BCUT2D eigenvalue weighted by atomic mass is 32.2. The summed E-state index contributed by atoms with van der Waals surface area (Å²) >= 11 is 1.45. The summed E-state index contributed by atoms with van der Waals surface area (Å²) in [5.74, 6) is -9.80. The number of hydrogen-bond donors (Lipinski definition) is 15. The number of nitrogens with one attached hydrogen (secondary N) is 8. The topological polar surface area (TPSA) is 519 Å². The number of aliphatic imine (C=N–C) groups is 1.